The van der Waals surface area contributed by atoms with Crippen LogP contribution in [0.15, 0.2) is 0 Å². The summed E-state index contributed by atoms with van der Waals surface area (Å²) in [5.41, 5.74) is 0. The molecule has 0 aromatic heterocycles. The van der Waals surface area contributed by atoms with Gasteiger partial charge < -0.3 is 15.3 Å². The molecule has 3 heterocycles. The second-order valence-corrected chi connectivity index (χ2v) is 3.83. The molecule has 1 unspecified atom stereocenters. The van der Waals surface area contributed by atoms with Crippen molar-refractivity contribution >= 4 is 5.97 Å². The first kappa shape index (κ1) is 8.93. The fourth-order valence-electron chi connectivity index (χ4n) is 2.41. The van der Waals surface area contributed by atoms with Crippen LogP contribution in [-0.2, 0) is 4.79 Å². The van der Waals surface area contributed by atoms with E-state index in [-0.39, 0.29) is 5.92 Å². The number of hydrogen-bond acceptors (Lipinski definition) is 4. The second kappa shape index (κ2) is 2.67. The Morgan fingerprint density at radius 2 is 1.85 bits per heavy atom. The fraction of sp³-hybridized carbons (Fsp3) is 0.875. The van der Waals surface area contributed by atoms with Gasteiger partial charge in [0.05, 0.1) is 0 Å². The lowest BCUT2D eigenvalue weighted by molar-refractivity contribution is -0.277. The van der Waals surface area contributed by atoms with Gasteiger partial charge in [0.25, 0.3) is 0 Å². The Bertz CT molecular complexity index is 232. The van der Waals surface area contributed by atoms with E-state index in [1.54, 1.807) is 4.90 Å². The average Bonchev–Trinajstić information content (AvgIpc) is 2.03. The molecule has 5 heteroatoms. The van der Waals surface area contributed by atoms with Gasteiger partial charge >= 0.3 is 5.97 Å². The standard InChI is InChI=1S/C8H13NO4/c10-7(11)6-8(12,13)5-1-3-9(6)4-2-5/h5-6,12-13H,1-4H2,(H,10,11). The van der Waals surface area contributed by atoms with E-state index in [0.717, 1.165) is 0 Å². The van der Waals surface area contributed by atoms with Gasteiger partial charge in [0, 0.05) is 5.92 Å². The molecule has 3 saturated heterocycles. The van der Waals surface area contributed by atoms with Crippen LogP contribution in [0.25, 0.3) is 0 Å². The monoisotopic (exact) mass is 187 g/mol. The van der Waals surface area contributed by atoms with E-state index in [4.69, 9.17) is 5.11 Å². The van der Waals surface area contributed by atoms with Crippen LogP contribution in [0.1, 0.15) is 12.8 Å². The Hall–Kier alpha value is -0.650. The molecule has 0 saturated carbocycles. The summed E-state index contributed by atoms with van der Waals surface area (Å²) in [6.07, 6.45) is 1.35. The Kier molecular flexibility index (Phi) is 1.83. The summed E-state index contributed by atoms with van der Waals surface area (Å²) in [5.74, 6) is -3.46. The van der Waals surface area contributed by atoms with Crippen LogP contribution in [0, 0.1) is 5.92 Å². The second-order valence-electron chi connectivity index (χ2n) is 3.83. The molecule has 5 nitrogen and oxygen atoms in total. The van der Waals surface area contributed by atoms with Gasteiger partial charge in [-0.15, -0.1) is 0 Å². The highest BCUT2D eigenvalue weighted by Crippen LogP contribution is 2.38. The zero-order valence-corrected chi connectivity index (χ0v) is 7.18. The third-order valence-corrected chi connectivity index (χ3v) is 3.13. The number of nitrogens with zero attached hydrogens (tertiary/aromatic N) is 1. The number of carbonyl (C=O) groups is 1. The molecule has 0 aliphatic carbocycles. The van der Waals surface area contributed by atoms with Gasteiger partial charge in [0.15, 0.2) is 11.8 Å². The van der Waals surface area contributed by atoms with E-state index in [1.807, 2.05) is 0 Å². The molecule has 3 aliphatic heterocycles. The third kappa shape index (κ3) is 1.15. The summed E-state index contributed by atoms with van der Waals surface area (Å²) in [5, 5.41) is 28.1. The lowest BCUT2D eigenvalue weighted by Crippen LogP contribution is -2.68. The number of aliphatic carboxylic acids is 1. The van der Waals surface area contributed by atoms with Crippen molar-refractivity contribution in [2.24, 2.45) is 5.92 Å². The summed E-state index contributed by atoms with van der Waals surface area (Å²) in [4.78, 5) is 12.4. The average molecular weight is 187 g/mol. The Labute approximate surface area is 75.6 Å². The smallest absolute Gasteiger partial charge is 0.326 e. The minimum Gasteiger partial charge on any atom is -0.480 e. The zero-order valence-electron chi connectivity index (χ0n) is 7.18. The van der Waals surface area contributed by atoms with Gasteiger partial charge in [-0.2, -0.15) is 0 Å². The Morgan fingerprint density at radius 3 is 2.15 bits per heavy atom. The molecular formula is C8H13NO4. The predicted octanol–water partition coefficient (Wildman–Crippen LogP) is -1.15. The lowest BCUT2D eigenvalue weighted by atomic mass is 9.77. The molecule has 13 heavy (non-hydrogen) atoms. The number of rotatable bonds is 1. The number of piperidine rings is 3. The van der Waals surface area contributed by atoms with Gasteiger partial charge in [-0.1, -0.05) is 0 Å². The molecule has 1 atom stereocenters. The highest BCUT2D eigenvalue weighted by molar-refractivity contribution is 5.75. The van der Waals surface area contributed by atoms with Gasteiger partial charge in [0.2, 0.25) is 0 Å². The zero-order chi connectivity index (χ0) is 9.64. The maximum Gasteiger partial charge on any atom is 0.326 e. The number of aliphatic hydroxyl groups is 2. The van der Waals surface area contributed by atoms with E-state index in [0.29, 0.717) is 25.9 Å². The van der Waals surface area contributed by atoms with Gasteiger partial charge in [-0.25, -0.2) is 0 Å². The number of carboxylic acids is 1. The van der Waals surface area contributed by atoms with Crippen LogP contribution in [0.4, 0.5) is 0 Å². The van der Waals surface area contributed by atoms with Crippen LogP contribution in [0.2, 0.25) is 0 Å². The maximum atomic E-state index is 10.8. The molecule has 3 N–H and O–H groups in total. The van der Waals surface area contributed by atoms with Crippen LogP contribution in [-0.4, -0.2) is 51.1 Å². The summed E-state index contributed by atoms with van der Waals surface area (Å²) < 4.78 is 0. The molecule has 0 spiro atoms. The summed E-state index contributed by atoms with van der Waals surface area (Å²) in [7, 11) is 0. The van der Waals surface area contributed by atoms with Crippen LogP contribution >= 0.6 is 0 Å². The topological polar surface area (TPSA) is 81.0 Å². The molecule has 3 aliphatic rings. The van der Waals surface area contributed by atoms with E-state index >= 15 is 0 Å². The van der Waals surface area contributed by atoms with Gasteiger partial charge in [-0.3, -0.25) is 9.69 Å². The van der Waals surface area contributed by atoms with Gasteiger partial charge in [0.1, 0.15) is 0 Å². The molecule has 74 valence electrons. The van der Waals surface area contributed by atoms with Crippen molar-refractivity contribution in [2.45, 2.75) is 24.7 Å². The maximum absolute atomic E-state index is 10.8. The third-order valence-electron chi connectivity index (χ3n) is 3.13. The van der Waals surface area contributed by atoms with E-state index < -0.39 is 17.8 Å². The van der Waals surface area contributed by atoms with Crippen molar-refractivity contribution in [3.8, 4) is 0 Å². The van der Waals surface area contributed by atoms with E-state index in [9.17, 15) is 15.0 Å². The molecule has 0 amide bonds. The van der Waals surface area contributed by atoms with Crippen LogP contribution < -0.4 is 0 Å². The van der Waals surface area contributed by atoms with Crippen molar-refractivity contribution in [3.63, 3.8) is 0 Å². The molecule has 3 fully saturated rings. The molecule has 2 bridgehead atoms. The lowest BCUT2D eigenvalue weighted by Gasteiger charge is -2.51. The van der Waals surface area contributed by atoms with E-state index in [2.05, 4.69) is 0 Å². The van der Waals surface area contributed by atoms with Crippen molar-refractivity contribution in [1.82, 2.24) is 4.90 Å². The summed E-state index contributed by atoms with van der Waals surface area (Å²) >= 11 is 0. The highest BCUT2D eigenvalue weighted by Gasteiger charge is 2.55. The van der Waals surface area contributed by atoms with Crippen LogP contribution in [0.5, 0.6) is 0 Å². The predicted molar refractivity (Wildman–Crippen MR) is 42.9 cm³/mol. The minimum absolute atomic E-state index is 0.279. The van der Waals surface area contributed by atoms with Crippen molar-refractivity contribution in [2.75, 3.05) is 13.1 Å². The number of fused-ring (bicyclic) bond motifs is 3. The van der Waals surface area contributed by atoms with Crippen molar-refractivity contribution in [1.29, 1.82) is 0 Å². The normalized spacial score (nSPS) is 41.8. The first-order valence-electron chi connectivity index (χ1n) is 4.45. The highest BCUT2D eigenvalue weighted by atomic mass is 16.5. The Morgan fingerprint density at radius 1 is 1.31 bits per heavy atom. The largest absolute Gasteiger partial charge is 0.480 e. The van der Waals surface area contributed by atoms with E-state index in [1.165, 1.54) is 0 Å². The quantitative estimate of drug-likeness (QED) is 0.451. The van der Waals surface area contributed by atoms with Crippen LogP contribution in [0.3, 0.4) is 0 Å². The number of hydrogen-bond donors (Lipinski definition) is 3. The van der Waals surface area contributed by atoms with Crippen molar-refractivity contribution < 1.29 is 20.1 Å². The van der Waals surface area contributed by atoms with Gasteiger partial charge in [-0.05, 0) is 25.9 Å². The number of carboxylic acid groups (broad SMARTS) is 1. The summed E-state index contributed by atoms with van der Waals surface area (Å²) in [6, 6.07) is -1.14. The summed E-state index contributed by atoms with van der Waals surface area (Å²) in [6.45, 7) is 1.31. The first-order valence-corrected chi connectivity index (χ1v) is 4.45. The van der Waals surface area contributed by atoms with Crippen molar-refractivity contribution in [3.05, 3.63) is 0 Å². The Balaban J connectivity index is 2.29. The fourth-order valence-corrected chi connectivity index (χ4v) is 2.41. The molecule has 3 rings (SSSR count). The molecule has 0 radical (unpaired) electrons. The molecular weight excluding hydrogens is 174 g/mol. The first-order chi connectivity index (χ1) is 6.03. The SMILES string of the molecule is O=C(O)C1N2CCC(CC2)C1(O)O. The molecule has 0 aromatic rings. The minimum atomic E-state index is -2.04. The molecule has 0 aromatic carbocycles.